The van der Waals surface area contributed by atoms with E-state index in [1.165, 1.54) is 12.8 Å². The molecular formula is C17H23N3O2. The first-order valence-corrected chi connectivity index (χ1v) is 7.80. The van der Waals surface area contributed by atoms with Crippen LogP contribution in [-0.2, 0) is 12.0 Å². The smallest absolute Gasteiger partial charge is 0.315 e. The fraction of sp³-hybridized carbons (Fsp3) is 0.529. The first kappa shape index (κ1) is 14.9. The van der Waals surface area contributed by atoms with Crippen molar-refractivity contribution in [3.8, 4) is 5.75 Å². The average Bonchev–Trinajstić information content (AvgIpc) is 3.18. The van der Waals surface area contributed by atoms with Crippen LogP contribution >= 0.6 is 0 Å². The van der Waals surface area contributed by atoms with Crippen LogP contribution in [0.1, 0.15) is 45.1 Å². The minimum atomic E-state index is -0.131. The predicted octanol–water partition coefficient (Wildman–Crippen LogP) is 3.77. The summed E-state index contributed by atoms with van der Waals surface area (Å²) in [5.74, 6) is 2.35. The molecule has 0 saturated heterocycles. The van der Waals surface area contributed by atoms with Gasteiger partial charge in [0.15, 0.2) is 0 Å². The summed E-state index contributed by atoms with van der Waals surface area (Å²) in [5.41, 5.74) is 1.02. The van der Waals surface area contributed by atoms with E-state index in [2.05, 4.69) is 27.6 Å². The number of aromatic nitrogens is 2. The Bertz CT molecular complexity index is 610. The SMILES string of the molecule is CC(C)(C)c1nnc(NCc2ccc(OCC3CC3)cc2)o1. The first-order valence-electron chi connectivity index (χ1n) is 7.80. The maximum Gasteiger partial charge on any atom is 0.315 e. The predicted molar refractivity (Wildman–Crippen MR) is 85.0 cm³/mol. The third kappa shape index (κ3) is 4.00. The molecule has 3 rings (SSSR count). The molecule has 1 aliphatic carbocycles. The van der Waals surface area contributed by atoms with E-state index in [1.807, 2.05) is 32.9 Å². The molecule has 0 spiro atoms. The van der Waals surface area contributed by atoms with Gasteiger partial charge in [0.25, 0.3) is 0 Å². The van der Waals surface area contributed by atoms with Gasteiger partial charge in [-0.05, 0) is 36.5 Å². The van der Waals surface area contributed by atoms with Gasteiger partial charge in [-0.25, -0.2) is 0 Å². The average molecular weight is 301 g/mol. The van der Waals surface area contributed by atoms with E-state index in [4.69, 9.17) is 9.15 Å². The number of hydrogen-bond acceptors (Lipinski definition) is 5. The standard InChI is InChI=1S/C17H23N3O2/c1-17(2,3)15-19-20-16(22-15)18-10-12-6-8-14(9-7-12)21-11-13-4-5-13/h6-9,13H,4-5,10-11H2,1-3H3,(H,18,20). The summed E-state index contributed by atoms with van der Waals surface area (Å²) < 4.78 is 11.3. The highest BCUT2D eigenvalue weighted by atomic mass is 16.5. The van der Waals surface area contributed by atoms with Crippen molar-refractivity contribution in [3.63, 3.8) is 0 Å². The highest BCUT2D eigenvalue weighted by Crippen LogP contribution is 2.29. The third-order valence-electron chi connectivity index (χ3n) is 3.62. The quantitative estimate of drug-likeness (QED) is 0.880. The van der Waals surface area contributed by atoms with Gasteiger partial charge >= 0.3 is 6.01 Å². The van der Waals surface area contributed by atoms with Crippen molar-refractivity contribution < 1.29 is 9.15 Å². The van der Waals surface area contributed by atoms with Crippen LogP contribution in [0.3, 0.4) is 0 Å². The molecule has 118 valence electrons. The molecule has 5 heteroatoms. The van der Waals surface area contributed by atoms with Crippen molar-refractivity contribution in [1.82, 2.24) is 10.2 Å². The van der Waals surface area contributed by atoms with Gasteiger partial charge in [0.05, 0.1) is 6.61 Å². The molecule has 1 N–H and O–H groups in total. The number of rotatable bonds is 6. The lowest BCUT2D eigenvalue weighted by Gasteiger charge is -2.11. The van der Waals surface area contributed by atoms with Crippen molar-refractivity contribution in [1.29, 1.82) is 0 Å². The number of anilines is 1. The number of nitrogens with one attached hydrogen (secondary N) is 1. The van der Waals surface area contributed by atoms with Crippen molar-refractivity contribution in [2.45, 2.75) is 45.6 Å². The maximum atomic E-state index is 5.73. The third-order valence-corrected chi connectivity index (χ3v) is 3.62. The monoisotopic (exact) mass is 301 g/mol. The summed E-state index contributed by atoms with van der Waals surface area (Å²) in [4.78, 5) is 0. The highest BCUT2D eigenvalue weighted by Gasteiger charge is 2.22. The Labute approximate surface area is 131 Å². The molecule has 0 bridgehead atoms. The molecule has 1 aliphatic rings. The zero-order valence-electron chi connectivity index (χ0n) is 13.4. The zero-order chi connectivity index (χ0) is 15.6. The van der Waals surface area contributed by atoms with Crippen LogP contribution in [0.4, 0.5) is 6.01 Å². The van der Waals surface area contributed by atoms with Crippen LogP contribution in [0.2, 0.25) is 0 Å². The Kier molecular flexibility index (Phi) is 4.05. The number of benzene rings is 1. The molecule has 1 saturated carbocycles. The van der Waals surface area contributed by atoms with Crippen LogP contribution < -0.4 is 10.1 Å². The Hall–Kier alpha value is -2.04. The molecule has 0 atom stereocenters. The lowest BCUT2D eigenvalue weighted by molar-refractivity contribution is 0.299. The van der Waals surface area contributed by atoms with Gasteiger partial charge < -0.3 is 14.5 Å². The Morgan fingerprint density at radius 3 is 2.50 bits per heavy atom. The number of hydrogen-bond donors (Lipinski definition) is 1. The van der Waals surface area contributed by atoms with Crippen molar-refractivity contribution in [2.24, 2.45) is 5.92 Å². The van der Waals surface area contributed by atoms with Gasteiger partial charge in [-0.3, -0.25) is 0 Å². The van der Waals surface area contributed by atoms with E-state index < -0.39 is 0 Å². The van der Waals surface area contributed by atoms with E-state index in [1.54, 1.807) is 0 Å². The van der Waals surface area contributed by atoms with Gasteiger partial charge in [-0.1, -0.05) is 38.0 Å². The fourth-order valence-corrected chi connectivity index (χ4v) is 1.98. The van der Waals surface area contributed by atoms with E-state index in [0.717, 1.165) is 23.8 Å². The summed E-state index contributed by atoms with van der Waals surface area (Å²) in [6.45, 7) is 7.63. The summed E-state index contributed by atoms with van der Waals surface area (Å²) in [5, 5.41) is 11.2. The minimum absolute atomic E-state index is 0.131. The molecule has 5 nitrogen and oxygen atoms in total. The second kappa shape index (κ2) is 5.99. The zero-order valence-corrected chi connectivity index (χ0v) is 13.4. The van der Waals surface area contributed by atoms with Gasteiger partial charge in [-0.15, -0.1) is 5.10 Å². The van der Waals surface area contributed by atoms with Crippen LogP contribution in [-0.4, -0.2) is 16.8 Å². The van der Waals surface area contributed by atoms with Crippen molar-refractivity contribution in [2.75, 3.05) is 11.9 Å². The van der Waals surface area contributed by atoms with Crippen LogP contribution in [0, 0.1) is 5.92 Å². The summed E-state index contributed by atoms with van der Waals surface area (Å²) in [6, 6.07) is 8.58. The van der Waals surface area contributed by atoms with Gasteiger partial charge in [-0.2, -0.15) is 0 Å². The molecule has 0 radical (unpaired) electrons. The minimum Gasteiger partial charge on any atom is -0.493 e. The number of ether oxygens (including phenoxy) is 1. The molecule has 1 fully saturated rings. The van der Waals surface area contributed by atoms with E-state index in [9.17, 15) is 0 Å². The van der Waals surface area contributed by atoms with Gasteiger partial charge in [0.1, 0.15) is 5.75 Å². The molecule has 0 unspecified atom stereocenters. The van der Waals surface area contributed by atoms with Crippen LogP contribution in [0.5, 0.6) is 5.75 Å². The maximum absolute atomic E-state index is 5.73. The first-order chi connectivity index (χ1) is 10.5. The molecule has 1 heterocycles. The van der Waals surface area contributed by atoms with E-state index in [0.29, 0.717) is 18.5 Å². The van der Waals surface area contributed by atoms with Crippen LogP contribution in [0.15, 0.2) is 28.7 Å². The Balaban J connectivity index is 1.51. The van der Waals surface area contributed by atoms with Crippen molar-refractivity contribution in [3.05, 3.63) is 35.7 Å². The number of nitrogens with zero attached hydrogens (tertiary/aromatic N) is 2. The Morgan fingerprint density at radius 2 is 1.91 bits per heavy atom. The molecule has 22 heavy (non-hydrogen) atoms. The van der Waals surface area contributed by atoms with Gasteiger partial charge in [0.2, 0.25) is 5.89 Å². The summed E-state index contributed by atoms with van der Waals surface area (Å²) in [7, 11) is 0. The summed E-state index contributed by atoms with van der Waals surface area (Å²) in [6.07, 6.45) is 2.62. The lowest BCUT2D eigenvalue weighted by atomic mass is 9.97. The molecule has 1 aromatic heterocycles. The fourth-order valence-electron chi connectivity index (χ4n) is 1.98. The van der Waals surface area contributed by atoms with Crippen molar-refractivity contribution >= 4 is 6.01 Å². The molecule has 0 amide bonds. The molecular weight excluding hydrogens is 278 g/mol. The molecule has 2 aromatic rings. The van der Waals surface area contributed by atoms with Gasteiger partial charge in [0, 0.05) is 12.0 Å². The molecule has 0 aliphatic heterocycles. The van der Waals surface area contributed by atoms with E-state index in [-0.39, 0.29) is 5.41 Å². The lowest BCUT2D eigenvalue weighted by Crippen LogP contribution is -2.11. The topological polar surface area (TPSA) is 60.2 Å². The van der Waals surface area contributed by atoms with E-state index >= 15 is 0 Å². The molecule has 1 aromatic carbocycles. The Morgan fingerprint density at radius 1 is 1.18 bits per heavy atom. The highest BCUT2D eigenvalue weighted by molar-refractivity contribution is 5.30. The second-order valence-corrected chi connectivity index (χ2v) is 6.91. The second-order valence-electron chi connectivity index (χ2n) is 6.91. The largest absolute Gasteiger partial charge is 0.493 e. The summed E-state index contributed by atoms with van der Waals surface area (Å²) >= 11 is 0. The normalized spacial score (nSPS) is 14.9. The van der Waals surface area contributed by atoms with Crippen LogP contribution in [0.25, 0.3) is 0 Å².